The van der Waals surface area contributed by atoms with Crippen molar-refractivity contribution in [2.45, 2.75) is 6.61 Å². The molecule has 0 aliphatic rings. The molecule has 0 N–H and O–H groups in total. The van der Waals surface area contributed by atoms with Gasteiger partial charge >= 0.3 is 5.97 Å². The molecule has 0 fully saturated rings. The number of hydrogen-bond donors (Lipinski definition) is 0. The first-order valence-corrected chi connectivity index (χ1v) is 7.16. The van der Waals surface area contributed by atoms with E-state index in [2.05, 4.69) is 10.9 Å². The van der Waals surface area contributed by atoms with E-state index in [1.165, 1.54) is 6.08 Å². The van der Waals surface area contributed by atoms with Gasteiger partial charge in [-0.15, -0.1) is 6.42 Å². The SMILES string of the molecule is C#CCOC(=O)/C=C/c1ccc(OCc2cccnc2)c(Cl)c1. The maximum Gasteiger partial charge on any atom is 0.331 e. The highest BCUT2D eigenvalue weighted by Gasteiger charge is 2.03. The minimum Gasteiger partial charge on any atom is -0.487 e. The monoisotopic (exact) mass is 327 g/mol. The summed E-state index contributed by atoms with van der Waals surface area (Å²) >= 11 is 6.18. The zero-order chi connectivity index (χ0) is 16.5. The number of terminal acetylenes is 1. The lowest BCUT2D eigenvalue weighted by Gasteiger charge is -2.08. The number of carbonyl (C=O) groups excluding carboxylic acids is 1. The van der Waals surface area contributed by atoms with E-state index < -0.39 is 5.97 Å². The van der Waals surface area contributed by atoms with E-state index in [4.69, 9.17) is 27.5 Å². The number of benzene rings is 1. The van der Waals surface area contributed by atoms with Crippen LogP contribution in [0, 0.1) is 12.3 Å². The van der Waals surface area contributed by atoms with E-state index in [1.807, 2.05) is 12.1 Å². The predicted molar refractivity (Wildman–Crippen MR) is 88.8 cm³/mol. The molecule has 0 atom stereocenters. The van der Waals surface area contributed by atoms with Gasteiger partial charge in [0.2, 0.25) is 0 Å². The van der Waals surface area contributed by atoms with Crippen LogP contribution in [-0.2, 0) is 16.1 Å². The van der Waals surface area contributed by atoms with Gasteiger partial charge in [0.15, 0.2) is 6.61 Å². The first-order valence-electron chi connectivity index (χ1n) is 6.78. The lowest BCUT2D eigenvalue weighted by Crippen LogP contribution is -1.99. The molecule has 1 heterocycles. The Morgan fingerprint density at radius 3 is 2.96 bits per heavy atom. The van der Waals surface area contributed by atoms with Crippen LogP contribution in [0.3, 0.4) is 0 Å². The Morgan fingerprint density at radius 1 is 1.39 bits per heavy atom. The summed E-state index contributed by atoms with van der Waals surface area (Å²) in [6.07, 6.45) is 11.3. The van der Waals surface area contributed by atoms with E-state index in [0.29, 0.717) is 17.4 Å². The van der Waals surface area contributed by atoms with Crippen molar-refractivity contribution in [2.75, 3.05) is 6.61 Å². The average Bonchev–Trinajstić information content (AvgIpc) is 2.58. The van der Waals surface area contributed by atoms with E-state index in [1.54, 1.807) is 36.7 Å². The Morgan fingerprint density at radius 2 is 2.26 bits per heavy atom. The largest absolute Gasteiger partial charge is 0.487 e. The molecule has 4 nitrogen and oxygen atoms in total. The van der Waals surface area contributed by atoms with Gasteiger partial charge in [-0.05, 0) is 29.8 Å². The normalized spacial score (nSPS) is 10.3. The van der Waals surface area contributed by atoms with Crippen LogP contribution >= 0.6 is 11.6 Å². The lowest BCUT2D eigenvalue weighted by atomic mass is 10.2. The summed E-state index contributed by atoms with van der Waals surface area (Å²) in [5.74, 6) is 2.28. The number of aromatic nitrogens is 1. The quantitative estimate of drug-likeness (QED) is 0.463. The Bertz CT molecular complexity index is 736. The van der Waals surface area contributed by atoms with E-state index in [-0.39, 0.29) is 6.61 Å². The fraction of sp³-hybridized carbons (Fsp3) is 0.111. The number of carbonyl (C=O) groups is 1. The highest BCUT2D eigenvalue weighted by molar-refractivity contribution is 6.32. The number of pyridine rings is 1. The fourth-order valence-corrected chi connectivity index (χ4v) is 1.95. The smallest absolute Gasteiger partial charge is 0.331 e. The second kappa shape index (κ2) is 8.62. The van der Waals surface area contributed by atoms with Gasteiger partial charge in [0.05, 0.1) is 5.02 Å². The maximum absolute atomic E-state index is 11.3. The average molecular weight is 328 g/mol. The van der Waals surface area contributed by atoms with Crippen LogP contribution in [0.15, 0.2) is 48.8 Å². The first-order chi connectivity index (χ1) is 11.2. The molecule has 1 aromatic carbocycles. The van der Waals surface area contributed by atoms with E-state index in [0.717, 1.165) is 11.1 Å². The summed E-state index contributed by atoms with van der Waals surface area (Å²) in [5, 5.41) is 0.452. The van der Waals surface area contributed by atoms with Crippen LogP contribution in [-0.4, -0.2) is 17.6 Å². The molecule has 0 radical (unpaired) electrons. The summed E-state index contributed by atoms with van der Waals surface area (Å²) in [4.78, 5) is 15.3. The third-order valence-electron chi connectivity index (χ3n) is 2.78. The fourth-order valence-electron chi connectivity index (χ4n) is 1.71. The molecule has 23 heavy (non-hydrogen) atoms. The zero-order valence-electron chi connectivity index (χ0n) is 12.2. The van der Waals surface area contributed by atoms with Crippen molar-refractivity contribution in [2.24, 2.45) is 0 Å². The maximum atomic E-state index is 11.3. The molecule has 0 saturated carbocycles. The summed E-state index contributed by atoms with van der Waals surface area (Å²) in [7, 11) is 0. The molecule has 116 valence electrons. The highest BCUT2D eigenvalue weighted by Crippen LogP contribution is 2.26. The Balaban J connectivity index is 1.96. The second-order valence-electron chi connectivity index (χ2n) is 4.48. The molecule has 1 aromatic heterocycles. The van der Waals surface area contributed by atoms with Gasteiger partial charge in [-0.2, -0.15) is 0 Å². The van der Waals surface area contributed by atoms with Gasteiger partial charge in [-0.3, -0.25) is 4.98 Å². The number of rotatable bonds is 6. The number of esters is 1. The lowest BCUT2D eigenvalue weighted by molar-refractivity contribution is -0.136. The standard InChI is InChI=1S/C18H14ClNO3/c1-2-10-22-18(21)8-6-14-5-7-17(16(19)11-14)23-13-15-4-3-9-20-12-15/h1,3-9,11-12H,10,13H2/b8-6+. The van der Waals surface area contributed by atoms with Crippen LogP contribution < -0.4 is 4.74 Å². The van der Waals surface area contributed by atoms with Gasteiger partial charge in [0.1, 0.15) is 12.4 Å². The van der Waals surface area contributed by atoms with Crippen molar-refractivity contribution in [3.8, 4) is 18.1 Å². The molecule has 0 amide bonds. The second-order valence-corrected chi connectivity index (χ2v) is 4.89. The molecule has 0 unspecified atom stereocenters. The first kappa shape index (κ1) is 16.6. The van der Waals surface area contributed by atoms with Gasteiger partial charge in [-0.25, -0.2) is 4.79 Å². The Hall–Kier alpha value is -2.77. The summed E-state index contributed by atoms with van der Waals surface area (Å²) in [6.45, 7) is 0.326. The minimum atomic E-state index is -0.504. The topological polar surface area (TPSA) is 48.4 Å². The molecule has 0 spiro atoms. The summed E-state index contributed by atoms with van der Waals surface area (Å²) < 4.78 is 10.4. The number of nitrogens with zero attached hydrogens (tertiary/aromatic N) is 1. The van der Waals surface area contributed by atoms with Crippen molar-refractivity contribution < 1.29 is 14.3 Å². The predicted octanol–water partition coefficient (Wildman–Crippen LogP) is 3.50. The van der Waals surface area contributed by atoms with Gasteiger partial charge in [0, 0.05) is 24.0 Å². The van der Waals surface area contributed by atoms with Crippen LogP contribution in [0.2, 0.25) is 5.02 Å². The molecular weight excluding hydrogens is 314 g/mol. The third-order valence-corrected chi connectivity index (χ3v) is 3.08. The van der Waals surface area contributed by atoms with Crippen molar-refractivity contribution in [3.63, 3.8) is 0 Å². The molecular formula is C18H14ClNO3. The zero-order valence-corrected chi connectivity index (χ0v) is 13.0. The molecule has 0 aliphatic carbocycles. The van der Waals surface area contributed by atoms with Crippen molar-refractivity contribution in [1.82, 2.24) is 4.98 Å². The van der Waals surface area contributed by atoms with Crippen molar-refractivity contribution in [3.05, 3.63) is 65.0 Å². The van der Waals surface area contributed by atoms with E-state index >= 15 is 0 Å². The molecule has 5 heteroatoms. The number of halogens is 1. The highest BCUT2D eigenvalue weighted by atomic mass is 35.5. The third kappa shape index (κ3) is 5.50. The van der Waals surface area contributed by atoms with Gasteiger partial charge in [0.25, 0.3) is 0 Å². The molecule has 0 bridgehead atoms. The van der Waals surface area contributed by atoms with Crippen LogP contribution in [0.5, 0.6) is 5.75 Å². The Kier molecular flexibility index (Phi) is 6.22. The van der Waals surface area contributed by atoms with Crippen LogP contribution in [0.4, 0.5) is 0 Å². The Labute approximate surface area is 139 Å². The summed E-state index contributed by atoms with van der Waals surface area (Å²) in [5.41, 5.74) is 1.70. The van der Waals surface area contributed by atoms with Crippen molar-refractivity contribution >= 4 is 23.6 Å². The van der Waals surface area contributed by atoms with Crippen molar-refractivity contribution in [1.29, 1.82) is 0 Å². The minimum absolute atomic E-state index is 0.0505. The molecule has 2 aromatic rings. The molecule has 0 saturated heterocycles. The van der Waals surface area contributed by atoms with Crippen LogP contribution in [0.25, 0.3) is 6.08 Å². The number of hydrogen-bond acceptors (Lipinski definition) is 4. The number of ether oxygens (including phenoxy) is 2. The summed E-state index contributed by atoms with van der Waals surface area (Å²) in [6, 6.07) is 8.99. The molecule has 2 rings (SSSR count). The molecule has 0 aliphatic heterocycles. The van der Waals surface area contributed by atoms with Crippen LogP contribution in [0.1, 0.15) is 11.1 Å². The van der Waals surface area contributed by atoms with Gasteiger partial charge < -0.3 is 9.47 Å². The van der Waals surface area contributed by atoms with Gasteiger partial charge in [-0.1, -0.05) is 29.7 Å². The van der Waals surface area contributed by atoms with E-state index in [9.17, 15) is 4.79 Å².